The number of piperidine rings is 1. The van der Waals surface area contributed by atoms with E-state index in [-0.39, 0.29) is 42.0 Å². The van der Waals surface area contributed by atoms with E-state index in [1.807, 2.05) is 0 Å². The fraction of sp³-hybridized carbons (Fsp3) is 0.895. The highest BCUT2D eigenvalue weighted by molar-refractivity contribution is 14.0. The van der Waals surface area contributed by atoms with Crippen molar-refractivity contribution < 1.29 is 14.3 Å². The van der Waals surface area contributed by atoms with Crippen molar-refractivity contribution in [2.75, 3.05) is 59.5 Å². The number of esters is 1. The van der Waals surface area contributed by atoms with E-state index in [4.69, 9.17) is 14.5 Å². The van der Waals surface area contributed by atoms with Crippen molar-refractivity contribution in [3.8, 4) is 0 Å². The minimum absolute atomic E-state index is 0. The van der Waals surface area contributed by atoms with Crippen molar-refractivity contribution in [2.45, 2.75) is 39.7 Å². The maximum absolute atomic E-state index is 11.7. The number of likely N-dealkylation sites (tertiary alicyclic amines) is 1. The summed E-state index contributed by atoms with van der Waals surface area (Å²) in [7, 11) is 1.47. The first-order valence-corrected chi connectivity index (χ1v) is 9.98. The molecule has 2 saturated heterocycles. The quantitative estimate of drug-likeness (QED) is 0.262. The smallest absolute Gasteiger partial charge is 0.308 e. The molecule has 0 saturated carbocycles. The molecule has 0 radical (unpaired) electrons. The summed E-state index contributed by atoms with van der Waals surface area (Å²) in [4.78, 5) is 21.3. The van der Waals surface area contributed by atoms with Gasteiger partial charge < -0.3 is 19.7 Å². The van der Waals surface area contributed by atoms with E-state index in [0.29, 0.717) is 12.5 Å². The number of guanidine groups is 1. The normalized spacial score (nSPS) is 22.5. The third-order valence-corrected chi connectivity index (χ3v) is 4.95. The maximum Gasteiger partial charge on any atom is 0.308 e. The van der Waals surface area contributed by atoms with Gasteiger partial charge in [0, 0.05) is 39.3 Å². The lowest BCUT2D eigenvalue weighted by Gasteiger charge is -2.35. The Kier molecular flexibility index (Phi) is 11.6. The van der Waals surface area contributed by atoms with Crippen LogP contribution in [0.1, 0.15) is 33.6 Å². The van der Waals surface area contributed by atoms with Crippen LogP contribution < -0.4 is 5.32 Å². The summed E-state index contributed by atoms with van der Waals surface area (Å²) in [5, 5.41) is 3.38. The van der Waals surface area contributed by atoms with Gasteiger partial charge in [-0.05, 0) is 25.7 Å². The molecule has 8 heteroatoms. The summed E-state index contributed by atoms with van der Waals surface area (Å²) in [6, 6.07) is 0. The lowest BCUT2D eigenvalue weighted by molar-refractivity contribution is -0.146. The van der Waals surface area contributed by atoms with Gasteiger partial charge in [0.25, 0.3) is 0 Å². The van der Waals surface area contributed by atoms with Crippen LogP contribution in [0.15, 0.2) is 4.99 Å². The van der Waals surface area contributed by atoms with E-state index in [1.165, 1.54) is 7.11 Å². The molecule has 1 unspecified atom stereocenters. The Hall–Kier alpha value is -0.610. The fourth-order valence-electron chi connectivity index (χ4n) is 3.68. The molecular formula is C19H37IN4O3. The van der Waals surface area contributed by atoms with Gasteiger partial charge in [0.15, 0.2) is 5.96 Å². The first-order valence-electron chi connectivity index (χ1n) is 9.98. The molecule has 0 aromatic rings. The summed E-state index contributed by atoms with van der Waals surface area (Å²) in [6.45, 7) is 13.6. The molecule has 7 nitrogen and oxygen atoms in total. The fourth-order valence-corrected chi connectivity index (χ4v) is 3.68. The number of nitrogens with one attached hydrogen (secondary N) is 1. The third kappa shape index (κ3) is 8.11. The first kappa shape index (κ1) is 24.4. The average molecular weight is 496 g/mol. The molecule has 0 aromatic carbocycles. The van der Waals surface area contributed by atoms with Gasteiger partial charge in [-0.15, -0.1) is 24.0 Å². The van der Waals surface area contributed by atoms with Gasteiger partial charge in [0.2, 0.25) is 0 Å². The van der Waals surface area contributed by atoms with E-state index < -0.39 is 0 Å². The second-order valence-corrected chi connectivity index (χ2v) is 7.63. The lowest BCUT2D eigenvalue weighted by atomic mass is 9.97. The average Bonchev–Trinajstić information content (AvgIpc) is 2.64. The van der Waals surface area contributed by atoms with Crippen LogP contribution in [0.5, 0.6) is 0 Å². The van der Waals surface area contributed by atoms with E-state index in [1.54, 1.807) is 0 Å². The zero-order chi connectivity index (χ0) is 18.9. The Morgan fingerprint density at radius 1 is 1.30 bits per heavy atom. The van der Waals surface area contributed by atoms with E-state index in [2.05, 4.69) is 35.9 Å². The Morgan fingerprint density at radius 3 is 2.59 bits per heavy atom. The highest BCUT2D eigenvalue weighted by Crippen LogP contribution is 2.18. The van der Waals surface area contributed by atoms with E-state index in [9.17, 15) is 4.79 Å². The van der Waals surface area contributed by atoms with Crippen LogP contribution >= 0.6 is 24.0 Å². The predicted octanol–water partition coefficient (Wildman–Crippen LogP) is 1.81. The molecule has 0 aliphatic carbocycles. The van der Waals surface area contributed by atoms with Gasteiger partial charge in [-0.3, -0.25) is 14.7 Å². The second kappa shape index (κ2) is 12.8. The monoisotopic (exact) mass is 496 g/mol. The highest BCUT2D eigenvalue weighted by Gasteiger charge is 2.27. The molecule has 0 aromatic heterocycles. The Morgan fingerprint density at radius 2 is 2.00 bits per heavy atom. The molecule has 0 amide bonds. The SMILES string of the molecule is CCNC(=NCC1CN(CC(C)C)CCO1)N1CCC(C(=O)OC)CC1.I. The van der Waals surface area contributed by atoms with Crippen molar-refractivity contribution >= 4 is 35.9 Å². The summed E-state index contributed by atoms with van der Waals surface area (Å²) < 4.78 is 10.8. The van der Waals surface area contributed by atoms with Crippen LogP contribution in [0.2, 0.25) is 0 Å². The highest BCUT2D eigenvalue weighted by atomic mass is 127. The van der Waals surface area contributed by atoms with Crippen LogP contribution in [0.4, 0.5) is 0 Å². The standard InChI is InChI=1S/C19H36N4O3.HI/c1-5-20-19(23-8-6-16(7-9-23)18(24)25-4)21-12-17-14-22(10-11-26-17)13-15(2)3;/h15-17H,5-14H2,1-4H3,(H,20,21);1H. The number of methoxy groups -OCH3 is 1. The molecular weight excluding hydrogens is 459 g/mol. The van der Waals surface area contributed by atoms with Crippen LogP contribution in [-0.4, -0.2) is 87.4 Å². The molecule has 1 N–H and O–H groups in total. The molecule has 158 valence electrons. The predicted molar refractivity (Wildman–Crippen MR) is 119 cm³/mol. The topological polar surface area (TPSA) is 66.4 Å². The number of rotatable bonds is 6. The van der Waals surface area contributed by atoms with Crippen molar-refractivity contribution in [2.24, 2.45) is 16.8 Å². The molecule has 1 atom stereocenters. The number of nitrogens with zero attached hydrogens (tertiary/aromatic N) is 3. The Labute approximate surface area is 181 Å². The summed E-state index contributed by atoms with van der Waals surface area (Å²) in [5.41, 5.74) is 0. The number of carbonyl (C=O) groups excluding carboxylic acids is 1. The molecule has 27 heavy (non-hydrogen) atoms. The molecule has 2 fully saturated rings. The number of hydrogen-bond donors (Lipinski definition) is 1. The van der Waals surface area contributed by atoms with E-state index >= 15 is 0 Å². The van der Waals surface area contributed by atoms with Crippen molar-refractivity contribution in [3.63, 3.8) is 0 Å². The van der Waals surface area contributed by atoms with Gasteiger partial charge in [0.1, 0.15) is 0 Å². The minimum Gasteiger partial charge on any atom is -0.469 e. The zero-order valence-electron chi connectivity index (χ0n) is 17.3. The van der Waals surface area contributed by atoms with Crippen molar-refractivity contribution in [1.29, 1.82) is 0 Å². The Balaban J connectivity index is 0.00000364. The van der Waals surface area contributed by atoms with Crippen molar-refractivity contribution in [3.05, 3.63) is 0 Å². The molecule has 0 bridgehead atoms. The molecule has 2 rings (SSSR count). The summed E-state index contributed by atoms with van der Waals surface area (Å²) in [6.07, 6.45) is 1.79. The van der Waals surface area contributed by atoms with Crippen molar-refractivity contribution in [1.82, 2.24) is 15.1 Å². The third-order valence-electron chi connectivity index (χ3n) is 4.95. The number of ether oxygens (including phenoxy) is 2. The zero-order valence-corrected chi connectivity index (χ0v) is 19.6. The van der Waals surface area contributed by atoms with Gasteiger partial charge in [-0.1, -0.05) is 13.8 Å². The maximum atomic E-state index is 11.7. The second-order valence-electron chi connectivity index (χ2n) is 7.63. The number of halogens is 1. The van der Waals surface area contributed by atoms with Crippen LogP contribution in [0.25, 0.3) is 0 Å². The molecule has 2 aliphatic heterocycles. The number of carbonyl (C=O) groups is 1. The van der Waals surface area contributed by atoms with Crippen LogP contribution in [-0.2, 0) is 14.3 Å². The number of morpholine rings is 1. The van der Waals surface area contributed by atoms with Gasteiger partial charge in [0.05, 0.1) is 32.3 Å². The number of aliphatic imine (C=N–C) groups is 1. The largest absolute Gasteiger partial charge is 0.469 e. The molecule has 0 spiro atoms. The van der Waals surface area contributed by atoms with Gasteiger partial charge in [-0.25, -0.2) is 0 Å². The van der Waals surface area contributed by atoms with Gasteiger partial charge in [-0.2, -0.15) is 0 Å². The lowest BCUT2D eigenvalue weighted by Crippen LogP contribution is -2.48. The van der Waals surface area contributed by atoms with Gasteiger partial charge >= 0.3 is 5.97 Å². The summed E-state index contributed by atoms with van der Waals surface area (Å²) >= 11 is 0. The molecule has 2 heterocycles. The molecule has 2 aliphatic rings. The first-order chi connectivity index (χ1) is 12.5. The Bertz CT molecular complexity index is 468. The summed E-state index contributed by atoms with van der Waals surface area (Å²) in [5.74, 6) is 1.53. The van der Waals surface area contributed by atoms with Crippen LogP contribution in [0, 0.1) is 11.8 Å². The number of hydrogen-bond acceptors (Lipinski definition) is 5. The van der Waals surface area contributed by atoms with Crippen LogP contribution in [0.3, 0.4) is 0 Å². The van der Waals surface area contributed by atoms with E-state index in [0.717, 1.165) is 64.7 Å². The minimum atomic E-state index is -0.0903.